The first-order valence-corrected chi connectivity index (χ1v) is 7.50. The third-order valence-corrected chi connectivity index (χ3v) is 3.58. The zero-order valence-electron chi connectivity index (χ0n) is 12.9. The number of hydrogen-bond donors (Lipinski definition) is 2. The molecule has 0 saturated carbocycles. The quantitative estimate of drug-likeness (QED) is 0.798. The maximum Gasteiger partial charge on any atom is 0.337 e. The Labute approximate surface area is 139 Å². The van der Waals surface area contributed by atoms with Crippen molar-refractivity contribution in [2.45, 2.75) is 13.5 Å². The highest BCUT2D eigenvalue weighted by atomic mass is 35.5. The molecule has 0 aromatic heterocycles. The predicted octanol–water partition coefficient (Wildman–Crippen LogP) is 4.06. The van der Waals surface area contributed by atoms with E-state index in [1.807, 2.05) is 25.1 Å². The molecule has 0 fully saturated rings. The molecule has 0 heterocycles. The van der Waals surface area contributed by atoms with Crippen molar-refractivity contribution in [1.29, 1.82) is 0 Å². The summed E-state index contributed by atoms with van der Waals surface area (Å²) >= 11 is 5.87. The molecule has 2 aromatic carbocycles. The van der Waals surface area contributed by atoms with Gasteiger partial charge in [0.1, 0.15) is 0 Å². The van der Waals surface area contributed by atoms with Crippen LogP contribution in [0.15, 0.2) is 36.4 Å². The summed E-state index contributed by atoms with van der Waals surface area (Å²) < 4.78 is 11.0. The molecule has 0 aliphatic heterocycles. The smallest absolute Gasteiger partial charge is 0.337 e. The first kappa shape index (κ1) is 17.0. The van der Waals surface area contributed by atoms with Gasteiger partial charge in [0.15, 0.2) is 11.5 Å². The molecular weight excluding hydrogens is 318 g/mol. The molecule has 6 heteroatoms. The molecule has 0 amide bonds. The van der Waals surface area contributed by atoms with Gasteiger partial charge in [0, 0.05) is 17.8 Å². The van der Waals surface area contributed by atoms with E-state index in [0.29, 0.717) is 30.3 Å². The lowest BCUT2D eigenvalue weighted by Crippen LogP contribution is -2.06. The van der Waals surface area contributed by atoms with Gasteiger partial charge in [-0.2, -0.15) is 0 Å². The normalized spacial score (nSPS) is 10.2. The Hall–Kier alpha value is -2.40. The van der Waals surface area contributed by atoms with Crippen molar-refractivity contribution >= 4 is 23.3 Å². The number of carboxylic acids is 1. The Bertz CT molecular complexity index is 703. The molecule has 0 aliphatic rings. The van der Waals surface area contributed by atoms with Gasteiger partial charge in [0.05, 0.1) is 24.3 Å². The zero-order valence-corrected chi connectivity index (χ0v) is 13.7. The van der Waals surface area contributed by atoms with Gasteiger partial charge < -0.3 is 19.9 Å². The van der Waals surface area contributed by atoms with Crippen LogP contribution in [0.25, 0.3) is 0 Å². The number of nitrogens with one attached hydrogen (secondary N) is 1. The summed E-state index contributed by atoms with van der Waals surface area (Å²) in [6.45, 7) is 2.90. The Balaban J connectivity index is 2.21. The lowest BCUT2D eigenvalue weighted by Gasteiger charge is -2.15. The van der Waals surface area contributed by atoms with Crippen molar-refractivity contribution in [2.75, 3.05) is 19.0 Å². The van der Waals surface area contributed by atoms with Crippen molar-refractivity contribution in [3.05, 3.63) is 52.5 Å². The molecule has 0 bridgehead atoms. The number of para-hydroxylation sites is 1. The van der Waals surface area contributed by atoms with Crippen LogP contribution in [0.1, 0.15) is 22.8 Å². The van der Waals surface area contributed by atoms with E-state index in [1.165, 1.54) is 6.07 Å². The van der Waals surface area contributed by atoms with Crippen molar-refractivity contribution < 1.29 is 19.4 Å². The summed E-state index contributed by atoms with van der Waals surface area (Å²) in [7, 11) is 1.59. The van der Waals surface area contributed by atoms with Gasteiger partial charge in [-0.1, -0.05) is 23.7 Å². The van der Waals surface area contributed by atoms with Crippen LogP contribution in [0.4, 0.5) is 5.69 Å². The zero-order chi connectivity index (χ0) is 16.8. The molecule has 122 valence electrons. The highest BCUT2D eigenvalue weighted by Crippen LogP contribution is 2.31. The minimum atomic E-state index is -1.06. The van der Waals surface area contributed by atoms with E-state index in [9.17, 15) is 4.79 Å². The summed E-state index contributed by atoms with van der Waals surface area (Å²) in [6.07, 6.45) is 0. The minimum Gasteiger partial charge on any atom is -0.493 e. The van der Waals surface area contributed by atoms with Gasteiger partial charge in [0.25, 0.3) is 0 Å². The lowest BCUT2D eigenvalue weighted by molar-refractivity contribution is 0.0697. The van der Waals surface area contributed by atoms with Crippen LogP contribution in [-0.2, 0) is 6.54 Å². The third-order valence-electron chi connectivity index (χ3n) is 3.25. The van der Waals surface area contributed by atoms with E-state index in [1.54, 1.807) is 19.2 Å². The molecular formula is C17H18ClNO4. The van der Waals surface area contributed by atoms with Gasteiger partial charge in [-0.15, -0.1) is 0 Å². The number of ether oxygens (including phenoxy) is 2. The first-order valence-electron chi connectivity index (χ1n) is 7.12. The van der Waals surface area contributed by atoms with E-state index in [2.05, 4.69) is 5.32 Å². The Morgan fingerprint density at radius 2 is 2.09 bits per heavy atom. The van der Waals surface area contributed by atoms with Crippen molar-refractivity contribution in [3.8, 4) is 11.5 Å². The average molecular weight is 336 g/mol. The largest absolute Gasteiger partial charge is 0.493 e. The fourth-order valence-electron chi connectivity index (χ4n) is 2.17. The minimum absolute atomic E-state index is 0.0624. The molecule has 0 unspecified atom stereocenters. The second-order valence-corrected chi connectivity index (χ2v) is 5.14. The average Bonchev–Trinajstić information content (AvgIpc) is 2.55. The molecule has 5 nitrogen and oxygen atoms in total. The van der Waals surface area contributed by atoms with Crippen LogP contribution >= 0.6 is 11.6 Å². The maximum atomic E-state index is 11.1. The van der Waals surface area contributed by atoms with Crippen LogP contribution in [0.2, 0.25) is 5.02 Å². The van der Waals surface area contributed by atoms with E-state index in [0.717, 1.165) is 5.56 Å². The van der Waals surface area contributed by atoms with Crippen LogP contribution in [0, 0.1) is 0 Å². The van der Waals surface area contributed by atoms with Crippen molar-refractivity contribution in [1.82, 2.24) is 0 Å². The molecule has 0 aliphatic carbocycles. The Morgan fingerprint density at radius 3 is 2.74 bits per heavy atom. The van der Waals surface area contributed by atoms with Crippen LogP contribution in [0.5, 0.6) is 11.5 Å². The summed E-state index contributed by atoms with van der Waals surface area (Å²) in [5.41, 5.74) is 1.64. The number of carboxylic acid groups (broad SMARTS) is 1. The molecule has 2 N–H and O–H groups in total. The van der Waals surface area contributed by atoms with E-state index < -0.39 is 5.97 Å². The van der Waals surface area contributed by atoms with E-state index >= 15 is 0 Å². The molecule has 0 atom stereocenters. The number of benzene rings is 2. The summed E-state index contributed by atoms with van der Waals surface area (Å²) in [5.74, 6) is 0.279. The molecule has 23 heavy (non-hydrogen) atoms. The third kappa shape index (κ3) is 4.07. The number of carbonyl (C=O) groups is 1. The molecule has 0 radical (unpaired) electrons. The molecule has 2 aromatic rings. The fourth-order valence-corrected chi connectivity index (χ4v) is 2.36. The van der Waals surface area contributed by atoms with Crippen LogP contribution in [-0.4, -0.2) is 24.8 Å². The number of methoxy groups -OCH3 is 1. The number of hydrogen-bond acceptors (Lipinski definition) is 4. The number of aromatic carboxylic acids is 1. The van der Waals surface area contributed by atoms with E-state index in [-0.39, 0.29) is 10.6 Å². The van der Waals surface area contributed by atoms with Gasteiger partial charge >= 0.3 is 5.97 Å². The second kappa shape index (κ2) is 7.74. The summed E-state index contributed by atoms with van der Waals surface area (Å²) in [4.78, 5) is 11.1. The highest BCUT2D eigenvalue weighted by Gasteiger charge is 2.12. The maximum absolute atomic E-state index is 11.1. The van der Waals surface area contributed by atoms with Gasteiger partial charge in [-0.05, 0) is 31.2 Å². The van der Waals surface area contributed by atoms with Gasteiger partial charge in [-0.25, -0.2) is 4.79 Å². The topological polar surface area (TPSA) is 67.8 Å². The highest BCUT2D eigenvalue weighted by molar-refractivity contribution is 6.33. The molecule has 0 spiro atoms. The van der Waals surface area contributed by atoms with Gasteiger partial charge in [0.2, 0.25) is 0 Å². The van der Waals surface area contributed by atoms with Crippen molar-refractivity contribution in [3.63, 3.8) is 0 Å². The standard InChI is InChI=1S/C17H18ClNO4/c1-3-23-16-11(5-4-6-15(16)22-2)10-19-12-7-8-14(18)13(9-12)17(20)21/h4-9,19H,3,10H2,1-2H3,(H,20,21). The van der Waals surface area contributed by atoms with Crippen LogP contribution < -0.4 is 14.8 Å². The summed E-state index contributed by atoms with van der Waals surface area (Å²) in [6, 6.07) is 10.4. The Kier molecular flexibility index (Phi) is 5.71. The summed E-state index contributed by atoms with van der Waals surface area (Å²) in [5, 5.41) is 12.5. The predicted molar refractivity (Wildman–Crippen MR) is 89.9 cm³/mol. The monoisotopic (exact) mass is 335 g/mol. The number of halogens is 1. The SMILES string of the molecule is CCOc1c(CNc2ccc(Cl)c(C(=O)O)c2)cccc1OC. The Morgan fingerprint density at radius 1 is 1.30 bits per heavy atom. The molecule has 2 rings (SSSR count). The second-order valence-electron chi connectivity index (χ2n) is 4.73. The first-order chi connectivity index (χ1) is 11.1. The van der Waals surface area contributed by atoms with Crippen LogP contribution in [0.3, 0.4) is 0 Å². The molecule has 0 saturated heterocycles. The van der Waals surface area contributed by atoms with Gasteiger partial charge in [-0.3, -0.25) is 0 Å². The van der Waals surface area contributed by atoms with Crippen molar-refractivity contribution in [2.24, 2.45) is 0 Å². The number of rotatable bonds is 7. The fraction of sp³-hybridized carbons (Fsp3) is 0.235. The lowest BCUT2D eigenvalue weighted by atomic mass is 10.1. The van der Waals surface area contributed by atoms with E-state index in [4.69, 9.17) is 26.2 Å². The number of anilines is 1.